The first-order valence-corrected chi connectivity index (χ1v) is 14.9. The summed E-state index contributed by atoms with van der Waals surface area (Å²) >= 11 is 13.2. The van der Waals surface area contributed by atoms with Crippen LogP contribution in [0, 0.1) is 0 Å². The summed E-state index contributed by atoms with van der Waals surface area (Å²) < 4.78 is 24.4. The highest BCUT2D eigenvalue weighted by Crippen LogP contribution is 2.53. The molecule has 44 heavy (non-hydrogen) atoms. The molecule has 0 spiro atoms. The van der Waals surface area contributed by atoms with E-state index < -0.39 is 28.8 Å². The molecule has 5 aromatic rings. The van der Waals surface area contributed by atoms with Gasteiger partial charge in [0.1, 0.15) is 17.1 Å². The molecule has 14 heteroatoms. The van der Waals surface area contributed by atoms with E-state index in [-0.39, 0.29) is 29.7 Å². The molecule has 3 aromatic carbocycles. The lowest BCUT2D eigenvalue weighted by Gasteiger charge is -2.19. The number of anilines is 1. The van der Waals surface area contributed by atoms with Gasteiger partial charge in [-0.2, -0.15) is 4.68 Å². The Balaban J connectivity index is 1.47. The van der Waals surface area contributed by atoms with Crippen LogP contribution in [-0.2, 0) is 4.74 Å². The van der Waals surface area contributed by atoms with Gasteiger partial charge in [-0.3, -0.25) is 15.1 Å². The molecule has 5 rings (SSSR count). The predicted molar refractivity (Wildman–Crippen MR) is 169 cm³/mol. The molecular weight excluding hydrogens is 630 g/mol. The number of hydrogen-bond donors (Lipinski definition) is 2. The normalized spacial score (nSPS) is 11.3. The van der Waals surface area contributed by atoms with E-state index in [4.69, 9.17) is 42.1 Å². The number of H-pyrrole nitrogens is 1. The van der Waals surface area contributed by atoms with Crippen LogP contribution >= 0.6 is 31.4 Å². The number of aromatic nitrogens is 3. The molecule has 1 unspecified atom stereocenters. The lowest BCUT2D eigenvalue weighted by molar-refractivity contribution is 0.0634. The molecule has 0 bridgehead atoms. The summed E-state index contributed by atoms with van der Waals surface area (Å²) in [7, 11) is 0.00856. The predicted octanol–water partition coefficient (Wildman–Crippen LogP) is 7.98. The Kier molecular flexibility index (Phi) is 9.01. The van der Waals surface area contributed by atoms with Gasteiger partial charge in [-0.25, -0.2) is 9.59 Å². The van der Waals surface area contributed by atoms with Crippen LogP contribution in [0.2, 0.25) is 10.0 Å². The van der Waals surface area contributed by atoms with Crippen LogP contribution in [0.25, 0.3) is 5.69 Å². The average molecular weight is 655 g/mol. The van der Waals surface area contributed by atoms with Gasteiger partial charge in [-0.1, -0.05) is 67.8 Å². The zero-order chi connectivity index (χ0) is 31.4. The van der Waals surface area contributed by atoms with E-state index >= 15 is 0 Å². The van der Waals surface area contributed by atoms with Crippen molar-refractivity contribution in [3.05, 3.63) is 109 Å². The molecule has 226 valence electrons. The van der Waals surface area contributed by atoms with Crippen molar-refractivity contribution in [2.45, 2.75) is 26.4 Å². The van der Waals surface area contributed by atoms with Crippen molar-refractivity contribution in [2.75, 3.05) is 5.32 Å². The van der Waals surface area contributed by atoms with E-state index in [0.29, 0.717) is 28.5 Å². The van der Waals surface area contributed by atoms with Gasteiger partial charge in [0.15, 0.2) is 17.0 Å². The molecule has 2 aromatic heterocycles. The SMILES string of the molecule is CC(C)(C)OC(=O)Nc1nn(-c2cc(Cl)c(Oc3[pH]cc(Oc4ccccc4)c3Oc3ccccc3)c(Cl)c2)c(=O)[nH]c1=O. The Hall–Kier alpha value is -4.70. The molecule has 0 saturated heterocycles. The number of amides is 1. The topological polar surface area (TPSA) is 134 Å². The first-order chi connectivity index (χ1) is 21.0. The van der Waals surface area contributed by atoms with Gasteiger partial charge >= 0.3 is 11.8 Å². The summed E-state index contributed by atoms with van der Waals surface area (Å²) in [5.41, 5.74) is -2.14. The Morgan fingerprint density at radius 1 is 0.886 bits per heavy atom. The number of ether oxygens (including phenoxy) is 4. The average Bonchev–Trinajstić information content (AvgIpc) is 3.32. The molecule has 0 aliphatic carbocycles. The van der Waals surface area contributed by atoms with Gasteiger partial charge in [-0.15, -0.1) is 5.10 Å². The number of carbonyl (C=O) groups is 1. The first-order valence-electron chi connectivity index (χ1n) is 13.0. The number of nitrogens with one attached hydrogen (secondary N) is 2. The van der Waals surface area contributed by atoms with Gasteiger partial charge in [0, 0.05) is 5.80 Å². The highest BCUT2D eigenvalue weighted by molar-refractivity contribution is 7.32. The minimum absolute atomic E-state index is 0.00856. The Morgan fingerprint density at radius 3 is 2.07 bits per heavy atom. The number of hydrogen-bond acceptors (Lipinski definition) is 8. The minimum Gasteiger partial charge on any atom is -0.453 e. The van der Waals surface area contributed by atoms with Crippen LogP contribution in [0.4, 0.5) is 10.6 Å². The molecule has 2 N–H and O–H groups in total. The molecule has 11 nitrogen and oxygen atoms in total. The van der Waals surface area contributed by atoms with Gasteiger partial charge in [0.05, 0.1) is 15.7 Å². The zero-order valence-corrected chi connectivity index (χ0v) is 26.0. The Bertz CT molecular complexity index is 1900. The van der Waals surface area contributed by atoms with Crippen molar-refractivity contribution in [1.82, 2.24) is 14.8 Å². The highest BCUT2D eigenvalue weighted by atomic mass is 35.5. The second-order valence-corrected chi connectivity index (χ2v) is 12.0. The molecule has 0 aliphatic heterocycles. The fourth-order valence-corrected chi connectivity index (χ4v) is 5.24. The molecule has 2 heterocycles. The van der Waals surface area contributed by atoms with E-state index in [1.807, 2.05) is 54.3 Å². The van der Waals surface area contributed by atoms with Crippen LogP contribution in [-0.4, -0.2) is 26.5 Å². The number of nitrogens with zero attached hydrogens (tertiary/aromatic N) is 2. The second kappa shape index (κ2) is 12.9. The van der Waals surface area contributed by atoms with E-state index in [0.717, 1.165) is 4.68 Å². The molecular formula is C30H25Cl2N4O7P. The van der Waals surface area contributed by atoms with Crippen molar-refractivity contribution in [1.29, 1.82) is 0 Å². The maximum atomic E-state index is 12.6. The summed E-state index contributed by atoms with van der Waals surface area (Å²) in [6.45, 7) is 4.97. The largest absolute Gasteiger partial charge is 0.453 e. The van der Waals surface area contributed by atoms with Crippen molar-refractivity contribution in [3.8, 4) is 39.9 Å². The van der Waals surface area contributed by atoms with E-state index in [2.05, 4.69) is 15.4 Å². The summed E-state index contributed by atoms with van der Waals surface area (Å²) in [5.74, 6) is 3.41. The van der Waals surface area contributed by atoms with Crippen molar-refractivity contribution in [3.63, 3.8) is 0 Å². The maximum Gasteiger partial charge on any atom is 0.413 e. The zero-order valence-electron chi connectivity index (χ0n) is 23.5. The lowest BCUT2D eigenvalue weighted by Crippen LogP contribution is -2.36. The fourth-order valence-electron chi connectivity index (χ4n) is 3.77. The number of aromatic amines is 1. The molecule has 1 atom stereocenters. The smallest absolute Gasteiger partial charge is 0.413 e. The van der Waals surface area contributed by atoms with Crippen molar-refractivity contribution >= 4 is 43.3 Å². The number of halogens is 2. The minimum atomic E-state index is -0.927. The standard InChI is InChI=1S/C30H25Cl2N4O7P/c1-30(2,3)43-29(39)33-25-26(37)34-28(38)36(35-25)17-14-20(31)23(21(32)15-17)42-27-24(41-19-12-8-5-9-13-19)22(16-44-27)40-18-10-6-4-7-11-18/h4-16,44H,1-3H3,(H,33,35,39)(H,34,37,38). The Morgan fingerprint density at radius 2 is 1.48 bits per heavy atom. The summed E-state index contributed by atoms with van der Waals surface area (Å²) in [6, 6.07) is 21.1. The van der Waals surface area contributed by atoms with Crippen LogP contribution in [0.3, 0.4) is 0 Å². The third kappa shape index (κ3) is 7.44. The van der Waals surface area contributed by atoms with Crippen LogP contribution in [0.5, 0.6) is 34.2 Å². The van der Waals surface area contributed by atoms with Crippen LogP contribution in [0.15, 0.2) is 88.2 Å². The summed E-state index contributed by atoms with van der Waals surface area (Å²) in [5, 5.41) is 6.27. The van der Waals surface area contributed by atoms with E-state index in [9.17, 15) is 14.4 Å². The number of rotatable bonds is 8. The van der Waals surface area contributed by atoms with Crippen LogP contribution in [0.1, 0.15) is 20.8 Å². The van der Waals surface area contributed by atoms with Gasteiger partial charge in [-0.05, 0) is 57.2 Å². The van der Waals surface area contributed by atoms with Gasteiger partial charge in [0.25, 0.3) is 5.56 Å². The monoisotopic (exact) mass is 654 g/mol. The third-order valence-electron chi connectivity index (χ3n) is 5.58. The fraction of sp³-hybridized carbons (Fsp3) is 0.133. The number of benzene rings is 3. The number of para-hydroxylation sites is 2. The lowest BCUT2D eigenvalue weighted by atomic mass is 10.2. The summed E-state index contributed by atoms with van der Waals surface area (Å²) in [4.78, 5) is 39.2. The molecule has 0 radical (unpaired) electrons. The van der Waals surface area contributed by atoms with Crippen molar-refractivity contribution in [2.24, 2.45) is 0 Å². The molecule has 0 fully saturated rings. The Labute approximate surface area is 262 Å². The van der Waals surface area contributed by atoms with Crippen molar-refractivity contribution < 1.29 is 23.7 Å². The third-order valence-corrected chi connectivity index (χ3v) is 7.14. The first kappa shape index (κ1) is 30.7. The van der Waals surface area contributed by atoms with Gasteiger partial charge < -0.3 is 18.9 Å². The second-order valence-electron chi connectivity index (χ2n) is 10.1. The van der Waals surface area contributed by atoms with E-state index in [1.165, 1.54) is 12.1 Å². The molecule has 0 saturated carbocycles. The maximum absolute atomic E-state index is 12.6. The highest BCUT2D eigenvalue weighted by Gasteiger charge is 2.22. The number of carbonyl (C=O) groups excluding carboxylic acids is 1. The summed E-state index contributed by atoms with van der Waals surface area (Å²) in [6.07, 6.45) is -0.927. The van der Waals surface area contributed by atoms with Gasteiger partial charge in [0.2, 0.25) is 11.6 Å². The quantitative estimate of drug-likeness (QED) is 0.172. The molecule has 1 amide bonds. The van der Waals surface area contributed by atoms with E-state index in [1.54, 1.807) is 32.9 Å². The molecule has 0 aliphatic rings. The van der Waals surface area contributed by atoms with Crippen LogP contribution < -0.4 is 30.8 Å².